The van der Waals surface area contributed by atoms with Crippen LogP contribution in [0.5, 0.6) is 0 Å². The third-order valence-electron chi connectivity index (χ3n) is 3.80. The first-order chi connectivity index (χ1) is 10.2. The summed E-state index contributed by atoms with van der Waals surface area (Å²) in [5.74, 6) is 0. The largest absolute Gasteiger partial charge is 0.377 e. The molecule has 2 heteroatoms. The number of anilines is 1. The fourth-order valence-corrected chi connectivity index (χ4v) is 2.74. The van der Waals surface area contributed by atoms with E-state index in [2.05, 4.69) is 80.7 Å². The zero-order valence-corrected chi connectivity index (χ0v) is 13.6. The van der Waals surface area contributed by atoms with Crippen LogP contribution in [0.1, 0.15) is 38.7 Å². The number of hydrogen-bond acceptors (Lipinski definition) is 2. The molecule has 0 saturated carbocycles. The lowest BCUT2D eigenvalue weighted by atomic mass is 10.0. The second-order valence-corrected chi connectivity index (χ2v) is 5.60. The predicted molar refractivity (Wildman–Crippen MR) is 93.1 cm³/mol. The lowest BCUT2D eigenvalue weighted by Gasteiger charge is -2.19. The summed E-state index contributed by atoms with van der Waals surface area (Å²) in [7, 11) is 4.21. The maximum Gasteiger partial charge on any atom is 0.0459 e. The van der Waals surface area contributed by atoms with Crippen molar-refractivity contribution in [1.29, 1.82) is 0 Å². The third-order valence-corrected chi connectivity index (χ3v) is 3.80. The first kappa shape index (κ1) is 15.4. The molecule has 2 nitrogen and oxygen atoms in total. The van der Waals surface area contributed by atoms with E-state index in [0.29, 0.717) is 0 Å². The summed E-state index contributed by atoms with van der Waals surface area (Å²) in [5.41, 5.74) is 6.51. The van der Waals surface area contributed by atoms with Crippen LogP contribution in [-0.2, 0) is 0 Å². The van der Waals surface area contributed by atoms with Gasteiger partial charge in [0.25, 0.3) is 0 Å². The molecular formula is C19H26N2. The minimum absolute atomic E-state index is 1.01. The quantitative estimate of drug-likeness (QED) is 0.786. The van der Waals surface area contributed by atoms with Crippen LogP contribution >= 0.6 is 0 Å². The first-order valence-electron chi connectivity index (χ1n) is 7.76. The standard InChI is InChI=1S/C19H26N2/c1-5-10-15(6-2)20-18-13-8-7-11-16(18)17-12-9-14-19(17)21(3)4/h6-9,11,13-14,20H,5,10,12H2,1-4H3. The Bertz CT molecular complexity index is 577. The maximum atomic E-state index is 3.62. The van der Waals surface area contributed by atoms with Gasteiger partial charge >= 0.3 is 0 Å². The van der Waals surface area contributed by atoms with Gasteiger partial charge in [-0.2, -0.15) is 0 Å². The molecule has 1 N–H and O–H groups in total. The second kappa shape index (κ2) is 7.16. The maximum absolute atomic E-state index is 3.62. The van der Waals surface area contributed by atoms with Crippen molar-refractivity contribution in [2.45, 2.75) is 33.1 Å². The van der Waals surface area contributed by atoms with Crippen molar-refractivity contribution < 1.29 is 0 Å². The van der Waals surface area contributed by atoms with Crippen LogP contribution in [0.4, 0.5) is 5.69 Å². The Kier molecular flexibility index (Phi) is 5.26. The predicted octanol–water partition coefficient (Wildman–Crippen LogP) is 5.04. The van der Waals surface area contributed by atoms with Gasteiger partial charge in [0, 0.05) is 36.7 Å². The Morgan fingerprint density at radius 3 is 2.71 bits per heavy atom. The van der Waals surface area contributed by atoms with Crippen LogP contribution in [0, 0.1) is 0 Å². The Morgan fingerprint density at radius 2 is 2.05 bits per heavy atom. The average molecular weight is 282 g/mol. The summed E-state index contributed by atoms with van der Waals surface area (Å²) >= 11 is 0. The van der Waals surface area contributed by atoms with Crippen molar-refractivity contribution in [3.63, 3.8) is 0 Å². The summed E-state index contributed by atoms with van der Waals surface area (Å²) in [4.78, 5) is 2.19. The van der Waals surface area contributed by atoms with Crippen molar-refractivity contribution >= 4 is 11.3 Å². The number of allylic oxidation sites excluding steroid dienone is 5. The molecule has 0 heterocycles. The molecule has 112 valence electrons. The van der Waals surface area contributed by atoms with Crippen molar-refractivity contribution in [3.8, 4) is 0 Å². The van der Waals surface area contributed by atoms with Crippen molar-refractivity contribution in [3.05, 3.63) is 59.5 Å². The highest BCUT2D eigenvalue weighted by Crippen LogP contribution is 2.34. The Hall–Kier alpha value is -1.96. The fourth-order valence-electron chi connectivity index (χ4n) is 2.74. The van der Waals surface area contributed by atoms with Crippen LogP contribution in [0.3, 0.4) is 0 Å². The van der Waals surface area contributed by atoms with Gasteiger partial charge in [0.2, 0.25) is 0 Å². The Morgan fingerprint density at radius 1 is 1.29 bits per heavy atom. The van der Waals surface area contributed by atoms with Gasteiger partial charge in [0.15, 0.2) is 0 Å². The minimum atomic E-state index is 1.01. The zero-order valence-electron chi connectivity index (χ0n) is 13.6. The molecule has 0 bridgehead atoms. The van der Waals surface area contributed by atoms with E-state index >= 15 is 0 Å². The molecule has 1 aliphatic rings. The van der Waals surface area contributed by atoms with E-state index in [0.717, 1.165) is 19.3 Å². The number of benzene rings is 1. The number of likely N-dealkylation sites (N-methyl/N-ethyl adjacent to an activating group) is 1. The molecule has 1 aliphatic carbocycles. The molecule has 0 atom stereocenters. The highest BCUT2D eigenvalue weighted by atomic mass is 15.1. The molecule has 0 aliphatic heterocycles. The van der Waals surface area contributed by atoms with Crippen molar-refractivity contribution in [2.24, 2.45) is 0 Å². The summed E-state index contributed by atoms with van der Waals surface area (Å²) in [5, 5.41) is 3.62. The zero-order chi connectivity index (χ0) is 15.2. The normalized spacial score (nSPS) is 14.8. The van der Waals surface area contributed by atoms with E-state index in [1.165, 1.54) is 28.2 Å². The lowest BCUT2D eigenvalue weighted by molar-refractivity contribution is 0.533. The highest BCUT2D eigenvalue weighted by molar-refractivity contribution is 5.82. The van der Waals surface area contributed by atoms with Crippen LogP contribution in [0.25, 0.3) is 5.57 Å². The number of rotatable bonds is 6. The van der Waals surface area contributed by atoms with E-state index in [9.17, 15) is 0 Å². The molecule has 0 aromatic heterocycles. The number of nitrogens with zero attached hydrogens (tertiary/aromatic N) is 1. The molecule has 21 heavy (non-hydrogen) atoms. The summed E-state index contributed by atoms with van der Waals surface area (Å²) in [6.07, 6.45) is 9.88. The van der Waals surface area contributed by atoms with Crippen molar-refractivity contribution in [2.75, 3.05) is 19.4 Å². The van der Waals surface area contributed by atoms with Gasteiger partial charge < -0.3 is 10.2 Å². The van der Waals surface area contributed by atoms with Crippen LogP contribution < -0.4 is 5.32 Å². The molecule has 2 rings (SSSR count). The van der Waals surface area contributed by atoms with Gasteiger partial charge in [-0.15, -0.1) is 0 Å². The lowest BCUT2D eigenvalue weighted by Crippen LogP contribution is -2.10. The highest BCUT2D eigenvalue weighted by Gasteiger charge is 2.16. The van der Waals surface area contributed by atoms with E-state index < -0.39 is 0 Å². The summed E-state index contributed by atoms with van der Waals surface area (Å²) in [6.45, 7) is 4.31. The summed E-state index contributed by atoms with van der Waals surface area (Å²) < 4.78 is 0. The molecule has 0 saturated heterocycles. The topological polar surface area (TPSA) is 15.3 Å². The number of para-hydroxylation sites is 1. The minimum Gasteiger partial charge on any atom is -0.377 e. The number of hydrogen-bond donors (Lipinski definition) is 1. The number of nitrogens with one attached hydrogen (secondary N) is 1. The van der Waals surface area contributed by atoms with E-state index in [1.54, 1.807) is 0 Å². The molecule has 1 aromatic carbocycles. The smallest absolute Gasteiger partial charge is 0.0459 e. The van der Waals surface area contributed by atoms with Gasteiger partial charge in [0.05, 0.1) is 0 Å². The van der Waals surface area contributed by atoms with Gasteiger partial charge in [0.1, 0.15) is 0 Å². The third kappa shape index (κ3) is 3.57. The van der Waals surface area contributed by atoms with Crippen molar-refractivity contribution in [1.82, 2.24) is 4.90 Å². The van der Waals surface area contributed by atoms with Crippen LogP contribution in [-0.4, -0.2) is 19.0 Å². The molecule has 0 fully saturated rings. The SMILES string of the molecule is CC=C(CCC)Nc1ccccc1C1=C(N(C)C)C=CC1. The van der Waals surface area contributed by atoms with Gasteiger partial charge in [-0.25, -0.2) is 0 Å². The monoisotopic (exact) mass is 282 g/mol. The molecule has 1 aromatic rings. The van der Waals surface area contributed by atoms with Gasteiger partial charge in [-0.05, 0) is 37.5 Å². The van der Waals surface area contributed by atoms with E-state index in [1.807, 2.05) is 0 Å². The fraction of sp³-hybridized carbons (Fsp3) is 0.368. The van der Waals surface area contributed by atoms with Crippen LogP contribution in [0.15, 0.2) is 53.9 Å². The van der Waals surface area contributed by atoms with E-state index in [4.69, 9.17) is 0 Å². The average Bonchev–Trinajstić information content (AvgIpc) is 2.96. The first-order valence-corrected chi connectivity index (χ1v) is 7.76. The molecule has 0 radical (unpaired) electrons. The van der Waals surface area contributed by atoms with Gasteiger partial charge in [-0.3, -0.25) is 0 Å². The Balaban J connectivity index is 2.36. The molecule has 0 spiro atoms. The van der Waals surface area contributed by atoms with Gasteiger partial charge in [-0.1, -0.05) is 43.7 Å². The summed E-state index contributed by atoms with van der Waals surface area (Å²) in [6, 6.07) is 8.61. The second-order valence-electron chi connectivity index (χ2n) is 5.60. The van der Waals surface area contributed by atoms with E-state index in [-0.39, 0.29) is 0 Å². The molecular weight excluding hydrogens is 256 g/mol. The molecule has 0 amide bonds. The molecule has 0 unspecified atom stereocenters. The van der Waals surface area contributed by atoms with Crippen LogP contribution in [0.2, 0.25) is 0 Å². The Labute approximate surface area is 128 Å².